The Kier molecular flexibility index (Phi) is 9.97. The first kappa shape index (κ1) is 30.0. The molecule has 6 heterocycles. The number of nitrogens with one attached hydrogen (secondary N) is 1. The first-order valence-electron chi connectivity index (χ1n) is 12.3. The third-order valence-electron chi connectivity index (χ3n) is 5.81. The molecule has 2 aliphatic heterocycles. The van der Waals surface area contributed by atoms with Crippen LogP contribution in [-0.4, -0.2) is 50.1 Å². The number of amides is 1. The van der Waals surface area contributed by atoms with Gasteiger partial charge in [0.05, 0.1) is 11.6 Å². The number of aromatic nitrogens is 4. The lowest BCUT2D eigenvalue weighted by atomic mass is 10.1. The molecule has 13 heteroatoms. The maximum absolute atomic E-state index is 12.2. The number of aromatic carboxylic acids is 1. The number of ether oxygens (including phenoxy) is 2. The molecule has 2 unspecified atom stereocenters. The monoisotopic (exact) mass is 684 g/mol. The van der Waals surface area contributed by atoms with E-state index in [1.165, 1.54) is 18.3 Å². The Morgan fingerprint density at radius 1 is 0.854 bits per heavy atom. The lowest BCUT2D eigenvalue weighted by Gasteiger charge is -2.11. The first-order chi connectivity index (χ1) is 19.6. The van der Waals surface area contributed by atoms with Crippen molar-refractivity contribution in [2.45, 2.75) is 25.9 Å². The zero-order valence-electron chi connectivity index (χ0n) is 22.0. The molecule has 212 valence electrons. The van der Waals surface area contributed by atoms with Crippen molar-refractivity contribution in [2.24, 2.45) is 5.73 Å². The molecule has 0 saturated carbocycles. The van der Waals surface area contributed by atoms with E-state index in [1.807, 2.05) is 19.1 Å². The van der Waals surface area contributed by atoms with Crippen LogP contribution in [-0.2, 0) is 0 Å². The van der Waals surface area contributed by atoms with Gasteiger partial charge in [0.15, 0.2) is 0 Å². The van der Waals surface area contributed by atoms with E-state index in [9.17, 15) is 9.59 Å². The van der Waals surface area contributed by atoms with Gasteiger partial charge in [-0.2, -0.15) is 0 Å². The van der Waals surface area contributed by atoms with Crippen LogP contribution < -0.4 is 20.5 Å². The highest BCUT2D eigenvalue weighted by Crippen LogP contribution is 2.33. The second kappa shape index (κ2) is 13.6. The van der Waals surface area contributed by atoms with Gasteiger partial charge in [-0.25, -0.2) is 4.79 Å². The van der Waals surface area contributed by atoms with Gasteiger partial charge in [0.1, 0.15) is 42.1 Å². The number of carboxylic acids is 1. The number of nitrogens with two attached hydrogens (primary N) is 1. The molecule has 1 amide bonds. The molecule has 0 aliphatic carbocycles. The van der Waals surface area contributed by atoms with Crippen LogP contribution in [0.1, 0.15) is 55.6 Å². The van der Waals surface area contributed by atoms with Gasteiger partial charge in [0, 0.05) is 50.7 Å². The molecule has 4 N–H and O–H groups in total. The van der Waals surface area contributed by atoms with Gasteiger partial charge in [-0.15, -0.1) is 0 Å². The number of nitrogens with zero attached hydrogens (tertiary/aromatic N) is 4. The number of rotatable bonds is 3. The van der Waals surface area contributed by atoms with Crippen molar-refractivity contribution in [1.29, 1.82) is 0 Å². The van der Waals surface area contributed by atoms with Crippen LogP contribution in [0, 0.1) is 13.8 Å². The Morgan fingerprint density at radius 3 is 1.98 bits per heavy atom. The highest BCUT2D eigenvalue weighted by molar-refractivity contribution is 9.10. The fourth-order valence-corrected chi connectivity index (χ4v) is 4.48. The summed E-state index contributed by atoms with van der Waals surface area (Å²) in [7, 11) is 0. The summed E-state index contributed by atoms with van der Waals surface area (Å²) in [5.74, 6) is 0.439. The van der Waals surface area contributed by atoms with Gasteiger partial charge >= 0.3 is 5.97 Å². The number of carboxylic acid groups (broad SMARTS) is 1. The van der Waals surface area contributed by atoms with Crippen LogP contribution in [0.15, 0.2) is 70.1 Å². The maximum Gasteiger partial charge on any atom is 0.335 e. The minimum atomic E-state index is -0.912. The Bertz CT molecular complexity index is 1570. The van der Waals surface area contributed by atoms with Gasteiger partial charge in [0.2, 0.25) is 0 Å². The molecule has 11 nitrogen and oxygen atoms in total. The number of halogens is 2. The molecule has 0 radical (unpaired) electrons. The van der Waals surface area contributed by atoms with Gasteiger partial charge in [-0.3, -0.25) is 24.7 Å². The Labute approximate surface area is 252 Å². The van der Waals surface area contributed by atoms with Crippen LogP contribution in [0.25, 0.3) is 0 Å². The predicted molar refractivity (Wildman–Crippen MR) is 157 cm³/mol. The minimum Gasteiger partial charge on any atom is -0.490 e. The average Bonchev–Trinajstić information content (AvgIpc) is 3.51. The van der Waals surface area contributed by atoms with Gasteiger partial charge in [-0.05, 0) is 82.1 Å². The fraction of sp³-hybridized carbons (Fsp3) is 0.214. The first-order valence-corrected chi connectivity index (χ1v) is 13.9. The van der Waals surface area contributed by atoms with E-state index < -0.39 is 5.97 Å². The summed E-state index contributed by atoms with van der Waals surface area (Å²) in [6.07, 6.45) is 6.54. The number of aryl methyl sites for hydroxylation is 2. The number of hydrogen-bond acceptors (Lipinski definition) is 9. The highest BCUT2D eigenvalue weighted by Gasteiger charge is 2.27. The SMILES string of the molecule is Cc1cc(C(=O)NC2COc3cc(Br)cnc32)ccn1.Cc1cc(C(=O)O)ccn1.NC1COc2cc(Br)cnc21. The van der Waals surface area contributed by atoms with Crippen molar-refractivity contribution in [1.82, 2.24) is 25.3 Å². The minimum absolute atomic E-state index is 0.0573. The molecule has 4 aromatic heterocycles. The smallest absolute Gasteiger partial charge is 0.335 e. The van der Waals surface area contributed by atoms with Crippen LogP contribution in [0.2, 0.25) is 0 Å². The molecule has 0 aromatic carbocycles. The second-order valence-corrected chi connectivity index (χ2v) is 10.8. The Hall–Kier alpha value is -3.94. The summed E-state index contributed by atoms with van der Waals surface area (Å²) < 4.78 is 12.6. The normalized spacial score (nSPS) is 15.9. The zero-order chi connectivity index (χ0) is 29.5. The van der Waals surface area contributed by atoms with E-state index in [2.05, 4.69) is 57.1 Å². The number of hydrogen-bond donors (Lipinski definition) is 3. The molecule has 6 rings (SSSR count). The van der Waals surface area contributed by atoms with Gasteiger partial charge in [-0.1, -0.05) is 0 Å². The lowest BCUT2D eigenvalue weighted by Crippen LogP contribution is -2.29. The molecule has 0 saturated heterocycles. The summed E-state index contributed by atoms with van der Waals surface area (Å²) in [6.45, 7) is 4.55. The van der Waals surface area contributed by atoms with E-state index in [4.69, 9.17) is 20.3 Å². The molecule has 2 atom stereocenters. The van der Waals surface area contributed by atoms with Crippen molar-refractivity contribution < 1.29 is 24.2 Å². The van der Waals surface area contributed by atoms with E-state index in [0.29, 0.717) is 24.5 Å². The third-order valence-corrected chi connectivity index (χ3v) is 6.68. The van der Waals surface area contributed by atoms with Crippen LogP contribution in [0.4, 0.5) is 0 Å². The number of carbonyl (C=O) groups excluding carboxylic acids is 1. The van der Waals surface area contributed by atoms with Crippen LogP contribution >= 0.6 is 31.9 Å². The number of carbonyl (C=O) groups is 2. The fourth-order valence-electron chi connectivity index (χ4n) is 3.86. The van der Waals surface area contributed by atoms with Gasteiger partial charge < -0.3 is 25.6 Å². The topological polar surface area (TPSA) is 162 Å². The number of fused-ring (bicyclic) bond motifs is 2. The molecular formula is C28H26Br2N6O5. The summed E-state index contributed by atoms with van der Waals surface area (Å²) in [5.41, 5.74) is 9.71. The summed E-state index contributed by atoms with van der Waals surface area (Å²) in [6, 6.07) is 9.89. The number of pyridine rings is 4. The van der Waals surface area contributed by atoms with Crippen LogP contribution in [0.5, 0.6) is 11.5 Å². The van der Waals surface area contributed by atoms with Crippen LogP contribution in [0.3, 0.4) is 0 Å². The lowest BCUT2D eigenvalue weighted by molar-refractivity contribution is 0.0696. The molecule has 0 spiro atoms. The molecular weight excluding hydrogens is 660 g/mol. The predicted octanol–water partition coefficient (Wildman–Crippen LogP) is 4.74. The maximum atomic E-state index is 12.2. The summed E-state index contributed by atoms with van der Waals surface area (Å²) >= 11 is 6.65. The quantitative estimate of drug-likeness (QED) is 0.275. The second-order valence-electron chi connectivity index (χ2n) is 9.01. The van der Waals surface area contributed by atoms with Crippen molar-refractivity contribution >= 4 is 43.7 Å². The van der Waals surface area contributed by atoms with E-state index in [0.717, 1.165) is 37.5 Å². The molecule has 0 fully saturated rings. The van der Waals surface area contributed by atoms with Crippen molar-refractivity contribution in [3.63, 3.8) is 0 Å². The zero-order valence-corrected chi connectivity index (χ0v) is 25.2. The Morgan fingerprint density at radius 2 is 1.39 bits per heavy atom. The van der Waals surface area contributed by atoms with E-state index in [-0.39, 0.29) is 23.6 Å². The average molecular weight is 686 g/mol. The highest BCUT2D eigenvalue weighted by atomic mass is 79.9. The van der Waals surface area contributed by atoms with E-state index in [1.54, 1.807) is 37.6 Å². The standard InChI is InChI=1S/C14H12BrN3O2.C7H7BrN2O.C7H7NO2/c1-8-4-9(2-3-16-8)14(19)18-11-7-20-12-5-10(15)6-17-13(11)12;8-4-1-6-7(10-2-4)5(9)3-11-6;1-5-4-6(7(9)10)2-3-8-5/h2-6,11H,7H2,1H3,(H,18,19);1-2,5H,3,9H2;2-4H,1H3,(H,9,10). The van der Waals surface area contributed by atoms with Crippen molar-refractivity contribution in [3.05, 3.63) is 104 Å². The Balaban J connectivity index is 0.000000156. The molecule has 41 heavy (non-hydrogen) atoms. The summed E-state index contributed by atoms with van der Waals surface area (Å²) in [4.78, 5) is 38.9. The molecule has 0 bridgehead atoms. The van der Waals surface area contributed by atoms with Gasteiger partial charge in [0.25, 0.3) is 5.91 Å². The summed E-state index contributed by atoms with van der Waals surface area (Å²) in [5, 5.41) is 11.4. The largest absolute Gasteiger partial charge is 0.490 e. The van der Waals surface area contributed by atoms with Crippen molar-refractivity contribution in [2.75, 3.05) is 13.2 Å². The molecule has 2 aliphatic rings. The van der Waals surface area contributed by atoms with E-state index >= 15 is 0 Å². The van der Waals surface area contributed by atoms with Crippen molar-refractivity contribution in [3.8, 4) is 11.5 Å². The molecule has 4 aromatic rings. The third kappa shape index (κ3) is 8.06.